The summed E-state index contributed by atoms with van der Waals surface area (Å²) in [5, 5.41) is 8.75. The molecule has 1 rings (SSSR count). The summed E-state index contributed by atoms with van der Waals surface area (Å²) in [6, 6.07) is 0. The molecule has 3 nitrogen and oxygen atoms in total. The van der Waals surface area contributed by atoms with Crippen molar-refractivity contribution < 1.29 is 5.11 Å². The molecule has 0 aliphatic carbocycles. The Morgan fingerprint density at radius 2 is 2.00 bits per heavy atom. The van der Waals surface area contributed by atoms with E-state index in [-0.39, 0.29) is 5.76 Å². The first-order chi connectivity index (χ1) is 4.30. The second-order valence-electron chi connectivity index (χ2n) is 1.57. The van der Waals surface area contributed by atoms with Crippen molar-refractivity contribution in [3.63, 3.8) is 0 Å². The smallest absolute Gasteiger partial charge is 0.118 e. The van der Waals surface area contributed by atoms with Gasteiger partial charge in [0, 0.05) is 12.4 Å². The Kier molecular flexibility index (Phi) is 1.44. The molecule has 0 amide bonds. The van der Waals surface area contributed by atoms with Crippen LogP contribution in [0, 0.1) is 0 Å². The fourth-order valence-electron chi connectivity index (χ4n) is 0.448. The minimum absolute atomic E-state index is 0.00407. The average molecular weight is 122 g/mol. The summed E-state index contributed by atoms with van der Waals surface area (Å²) in [5.41, 5.74) is 0.553. The summed E-state index contributed by atoms with van der Waals surface area (Å²) in [4.78, 5) is 7.35. The van der Waals surface area contributed by atoms with Crippen LogP contribution in [-0.4, -0.2) is 15.1 Å². The van der Waals surface area contributed by atoms with Crippen molar-refractivity contribution in [3.8, 4) is 0 Å². The molecule has 0 radical (unpaired) electrons. The van der Waals surface area contributed by atoms with E-state index in [0.29, 0.717) is 5.56 Å². The molecule has 1 aromatic rings. The Hall–Kier alpha value is -1.38. The molecular weight excluding hydrogens is 116 g/mol. The lowest BCUT2D eigenvalue weighted by molar-refractivity contribution is 0.513. The predicted octanol–water partition coefficient (Wildman–Crippen LogP) is 1.01. The van der Waals surface area contributed by atoms with Gasteiger partial charge in [-0.25, -0.2) is 9.97 Å². The molecule has 0 aromatic carbocycles. The first-order valence-electron chi connectivity index (χ1n) is 2.44. The van der Waals surface area contributed by atoms with Crippen molar-refractivity contribution in [1.29, 1.82) is 0 Å². The third kappa shape index (κ3) is 1.25. The van der Waals surface area contributed by atoms with Crippen molar-refractivity contribution in [2.24, 2.45) is 0 Å². The van der Waals surface area contributed by atoms with Gasteiger partial charge >= 0.3 is 0 Å². The van der Waals surface area contributed by atoms with Crippen LogP contribution < -0.4 is 0 Å². The summed E-state index contributed by atoms with van der Waals surface area (Å²) in [7, 11) is 0. The molecule has 0 aliphatic heterocycles. The average Bonchev–Trinajstić information content (AvgIpc) is 1.90. The zero-order valence-corrected chi connectivity index (χ0v) is 4.78. The van der Waals surface area contributed by atoms with Crippen LogP contribution >= 0.6 is 0 Å². The molecule has 0 spiro atoms. The summed E-state index contributed by atoms with van der Waals surface area (Å²) in [6.07, 6.45) is 4.39. The van der Waals surface area contributed by atoms with E-state index >= 15 is 0 Å². The van der Waals surface area contributed by atoms with Gasteiger partial charge in [-0.15, -0.1) is 0 Å². The van der Waals surface area contributed by atoms with Crippen molar-refractivity contribution >= 4 is 5.76 Å². The minimum atomic E-state index is -0.00407. The lowest BCUT2D eigenvalue weighted by atomic mass is 10.3. The van der Waals surface area contributed by atoms with E-state index in [1.165, 1.54) is 18.7 Å². The Morgan fingerprint density at radius 3 is 2.33 bits per heavy atom. The number of hydrogen-bond donors (Lipinski definition) is 1. The van der Waals surface area contributed by atoms with Crippen LogP contribution in [0.25, 0.3) is 5.76 Å². The van der Waals surface area contributed by atoms with Gasteiger partial charge in [0.25, 0.3) is 0 Å². The third-order valence-electron chi connectivity index (χ3n) is 0.894. The SMILES string of the molecule is C=C(O)c1cncnc1. The predicted molar refractivity (Wildman–Crippen MR) is 33.7 cm³/mol. The van der Waals surface area contributed by atoms with Crippen molar-refractivity contribution in [2.45, 2.75) is 0 Å². The third-order valence-corrected chi connectivity index (χ3v) is 0.894. The highest BCUT2D eigenvalue weighted by Crippen LogP contribution is 2.02. The van der Waals surface area contributed by atoms with E-state index in [1.807, 2.05) is 0 Å². The monoisotopic (exact) mass is 122 g/mol. The van der Waals surface area contributed by atoms with Gasteiger partial charge in [-0.1, -0.05) is 6.58 Å². The molecule has 46 valence electrons. The summed E-state index contributed by atoms with van der Waals surface area (Å²) < 4.78 is 0. The van der Waals surface area contributed by atoms with Crippen LogP contribution in [-0.2, 0) is 0 Å². The minimum Gasteiger partial charge on any atom is -0.508 e. The Labute approximate surface area is 52.7 Å². The molecule has 0 atom stereocenters. The summed E-state index contributed by atoms with van der Waals surface area (Å²) in [5.74, 6) is -0.00407. The molecule has 0 unspecified atom stereocenters. The van der Waals surface area contributed by atoms with E-state index in [2.05, 4.69) is 16.5 Å². The van der Waals surface area contributed by atoms with E-state index < -0.39 is 0 Å². The second kappa shape index (κ2) is 2.26. The van der Waals surface area contributed by atoms with Crippen molar-refractivity contribution in [1.82, 2.24) is 9.97 Å². The molecule has 1 N–H and O–H groups in total. The Bertz CT molecular complexity index is 208. The van der Waals surface area contributed by atoms with Crippen LogP contribution in [0.4, 0.5) is 0 Å². The van der Waals surface area contributed by atoms with Gasteiger partial charge in [-0.05, 0) is 0 Å². The Morgan fingerprint density at radius 1 is 1.44 bits per heavy atom. The van der Waals surface area contributed by atoms with Crippen LogP contribution in [0.5, 0.6) is 0 Å². The van der Waals surface area contributed by atoms with Gasteiger partial charge in [0.15, 0.2) is 0 Å². The highest BCUT2D eigenvalue weighted by Gasteiger charge is 1.91. The van der Waals surface area contributed by atoms with Crippen LogP contribution in [0.1, 0.15) is 5.56 Å². The zero-order valence-electron chi connectivity index (χ0n) is 4.78. The van der Waals surface area contributed by atoms with Crippen LogP contribution in [0.15, 0.2) is 25.3 Å². The Balaban J connectivity index is 2.98. The molecule has 0 bridgehead atoms. The van der Waals surface area contributed by atoms with Crippen LogP contribution in [0.2, 0.25) is 0 Å². The fourth-order valence-corrected chi connectivity index (χ4v) is 0.448. The summed E-state index contributed by atoms with van der Waals surface area (Å²) >= 11 is 0. The van der Waals surface area contributed by atoms with E-state index in [0.717, 1.165) is 0 Å². The molecule has 1 aromatic heterocycles. The van der Waals surface area contributed by atoms with Gasteiger partial charge < -0.3 is 5.11 Å². The fraction of sp³-hybridized carbons (Fsp3) is 0. The number of nitrogens with zero attached hydrogens (tertiary/aromatic N) is 2. The van der Waals surface area contributed by atoms with Gasteiger partial charge in [-0.2, -0.15) is 0 Å². The van der Waals surface area contributed by atoms with Gasteiger partial charge in [0.05, 0.1) is 5.56 Å². The largest absolute Gasteiger partial charge is 0.508 e. The maximum Gasteiger partial charge on any atom is 0.118 e. The first-order valence-corrected chi connectivity index (χ1v) is 2.44. The number of hydrogen-bond acceptors (Lipinski definition) is 3. The van der Waals surface area contributed by atoms with E-state index in [9.17, 15) is 0 Å². The quantitative estimate of drug-likeness (QED) is 0.565. The number of aliphatic hydroxyl groups excluding tert-OH is 1. The van der Waals surface area contributed by atoms with Crippen LogP contribution in [0.3, 0.4) is 0 Å². The second-order valence-corrected chi connectivity index (χ2v) is 1.57. The summed E-state index contributed by atoms with van der Waals surface area (Å²) in [6.45, 7) is 3.30. The molecule has 9 heavy (non-hydrogen) atoms. The molecule has 1 heterocycles. The first kappa shape index (κ1) is 5.75. The standard InChI is InChI=1S/C6H6N2O/c1-5(9)6-2-7-4-8-3-6/h2-4,9H,1H2. The number of aromatic nitrogens is 2. The number of rotatable bonds is 1. The highest BCUT2D eigenvalue weighted by molar-refractivity contribution is 5.53. The lowest BCUT2D eigenvalue weighted by Gasteiger charge is -1.92. The molecule has 0 fully saturated rings. The van der Waals surface area contributed by atoms with Crippen molar-refractivity contribution in [2.75, 3.05) is 0 Å². The number of aliphatic hydroxyl groups is 1. The zero-order chi connectivity index (χ0) is 6.69. The van der Waals surface area contributed by atoms with Gasteiger partial charge in [-0.3, -0.25) is 0 Å². The molecule has 0 saturated carbocycles. The molecule has 0 saturated heterocycles. The maximum absolute atomic E-state index is 8.75. The molecule has 0 aliphatic rings. The van der Waals surface area contributed by atoms with Gasteiger partial charge in [0.2, 0.25) is 0 Å². The van der Waals surface area contributed by atoms with Gasteiger partial charge in [0.1, 0.15) is 12.1 Å². The molecular formula is C6H6N2O. The van der Waals surface area contributed by atoms with E-state index in [4.69, 9.17) is 5.11 Å². The maximum atomic E-state index is 8.75. The topological polar surface area (TPSA) is 46.0 Å². The normalized spacial score (nSPS) is 8.89. The molecule has 3 heteroatoms. The van der Waals surface area contributed by atoms with Crippen molar-refractivity contribution in [3.05, 3.63) is 30.9 Å². The lowest BCUT2D eigenvalue weighted by Crippen LogP contribution is -1.83. The highest BCUT2D eigenvalue weighted by atomic mass is 16.3. The van der Waals surface area contributed by atoms with E-state index in [1.54, 1.807) is 0 Å².